The lowest BCUT2D eigenvalue weighted by molar-refractivity contribution is -0.0962. The highest BCUT2D eigenvalue weighted by Crippen LogP contribution is 2.32. The molecular formula is C12H19F3N2. The minimum absolute atomic E-state index is 0.132. The van der Waals surface area contributed by atoms with Crippen LogP contribution in [0, 0.1) is 5.41 Å². The van der Waals surface area contributed by atoms with E-state index >= 15 is 0 Å². The zero-order valence-corrected chi connectivity index (χ0v) is 10.1. The normalized spacial score (nSPS) is 31.6. The van der Waals surface area contributed by atoms with Crippen molar-refractivity contribution in [2.75, 3.05) is 32.7 Å². The van der Waals surface area contributed by atoms with Crippen LogP contribution in [-0.4, -0.2) is 43.8 Å². The average molecular weight is 248 g/mol. The van der Waals surface area contributed by atoms with E-state index in [-0.39, 0.29) is 17.4 Å². The quantitative estimate of drug-likeness (QED) is 0.753. The summed E-state index contributed by atoms with van der Waals surface area (Å²) in [4.78, 5) is 2.13. The van der Waals surface area contributed by atoms with Gasteiger partial charge in [0.2, 0.25) is 0 Å². The number of hydrogen-bond acceptors (Lipinski definition) is 2. The average Bonchev–Trinajstić information content (AvgIpc) is 2.64. The van der Waals surface area contributed by atoms with Crippen LogP contribution < -0.4 is 5.32 Å². The molecule has 2 nitrogen and oxygen atoms in total. The fourth-order valence-electron chi connectivity index (χ4n) is 2.66. The summed E-state index contributed by atoms with van der Waals surface area (Å²) in [5.74, 6) is 0. The molecule has 0 bridgehead atoms. The molecule has 2 heterocycles. The van der Waals surface area contributed by atoms with Gasteiger partial charge in [-0.25, -0.2) is 0 Å². The molecule has 2 aliphatic rings. The monoisotopic (exact) mass is 248 g/mol. The van der Waals surface area contributed by atoms with Crippen LogP contribution in [-0.2, 0) is 0 Å². The van der Waals surface area contributed by atoms with Crippen LogP contribution in [0.2, 0.25) is 0 Å². The first-order chi connectivity index (χ1) is 7.89. The topological polar surface area (TPSA) is 15.3 Å². The van der Waals surface area contributed by atoms with Crippen LogP contribution in [0.3, 0.4) is 0 Å². The maximum Gasteiger partial charge on any atom is 0.412 e. The Morgan fingerprint density at radius 3 is 2.71 bits per heavy atom. The predicted octanol–water partition coefficient (Wildman–Crippen LogP) is 2.18. The predicted molar refractivity (Wildman–Crippen MR) is 60.8 cm³/mol. The molecule has 0 aromatic rings. The van der Waals surface area contributed by atoms with Crippen LogP contribution in [0.4, 0.5) is 13.2 Å². The molecule has 1 atom stereocenters. The van der Waals surface area contributed by atoms with Crippen molar-refractivity contribution >= 4 is 0 Å². The third-order valence-corrected chi connectivity index (χ3v) is 3.72. The van der Waals surface area contributed by atoms with Crippen molar-refractivity contribution in [3.8, 4) is 0 Å². The van der Waals surface area contributed by atoms with Gasteiger partial charge in [-0.1, -0.05) is 13.0 Å². The van der Waals surface area contributed by atoms with Gasteiger partial charge >= 0.3 is 6.18 Å². The molecule has 0 aromatic heterocycles. The van der Waals surface area contributed by atoms with Crippen molar-refractivity contribution in [1.29, 1.82) is 0 Å². The SMILES string of the molecule is CC1(CN2CC=C(C(F)(F)F)CC2)CCNC1. The third-order valence-electron chi connectivity index (χ3n) is 3.72. The van der Waals surface area contributed by atoms with E-state index in [1.807, 2.05) is 0 Å². The Bertz CT molecular complexity index is 303. The highest BCUT2D eigenvalue weighted by Gasteiger charge is 2.36. The third kappa shape index (κ3) is 3.22. The first kappa shape index (κ1) is 12.9. The molecule has 1 saturated heterocycles. The van der Waals surface area contributed by atoms with Crippen molar-refractivity contribution in [2.24, 2.45) is 5.41 Å². The van der Waals surface area contributed by atoms with E-state index in [1.165, 1.54) is 6.08 Å². The van der Waals surface area contributed by atoms with E-state index in [0.29, 0.717) is 13.1 Å². The highest BCUT2D eigenvalue weighted by molar-refractivity contribution is 5.13. The van der Waals surface area contributed by atoms with Gasteiger partial charge in [0.1, 0.15) is 0 Å². The van der Waals surface area contributed by atoms with Crippen LogP contribution in [0.5, 0.6) is 0 Å². The molecule has 0 aliphatic carbocycles. The highest BCUT2D eigenvalue weighted by atomic mass is 19.4. The molecule has 0 saturated carbocycles. The van der Waals surface area contributed by atoms with Gasteiger partial charge in [0, 0.05) is 31.8 Å². The second-order valence-corrected chi connectivity index (χ2v) is 5.45. The van der Waals surface area contributed by atoms with E-state index in [9.17, 15) is 13.2 Å². The van der Waals surface area contributed by atoms with Crippen LogP contribution >= 0.6 is 0 Å². The molecule has 1 unspecified atom stereocenters. The Morgan fingerprint density at radius 2 is 2.24 bits per heavy atom. The van der Waals surface area contributed by atoms with Crippen LogP contribution in [0.1, 0.15) is 19.8 Å². The standard InChI is InChI=1S/C12H19F3N2/c1-11(4-5-16-8-11)9-17-6-2-10(3-7-17)12(13,14)15/h2,16H,3-9H2,1H3. The summed E-state index contributed by atoms with van der Waals surface area (Å²) < 4.78 is 37.4. The summed E-state index contributed by atoms with van der Waals surface area (Å²) in [6, 6.07) is 0. The smallest absolute Gasteiger partial charge is 0.316 e. The maximum absolute atomic E-state index is 12.5. The van der Waals surface area contributed by atoms with Crippen molar-refractivity contribution in [3.63, 3.8) is 0 Å². The molecule has 5 heteroatoms. The van der Waals surface area contributed by atoms with Crippen molar-refractivity contribution in [2.45, 2.75) is 25.9 Å². The molecule has 2 rings (SSSR count). The molecule has 0 aromatic carbocycles. The Morgan fingerprint density at radius 1 is 1.47 bits per heavy atom. The summed E-state index contributed by atoms with van der Waals surface area (Å²) in [6.45, 7) is 6.05. The minimum Gasteiger partial charge on any atom is -0.316 e. The van der Waals surface area contributed by atoms with Gasteiger partial charge in [0.25, 0.3) is 0 Å². The summed E-state index contributed by atoms with van der Waals surface area (Å²) in [5, 5.41) is 3.31. The maximum atomic E-state index is 12.5. The number of halogens is 3. The lowest BCUT2D eigenvalue weighted by atomic mass is 9.88. The Labute approximate surface area is 99.9 Å². The Kier molecular flexibility index (Phi) is 3.50. The molecule has 1 fully saturated rings. The second kappa shape index (κ2) is 4.61. The number of rotatable bonds is 2. The lowest BCUT2D eigenvalue weighted by Gasteiger charge is -2.34. The Balaban J connectivity index is 1.89. The molecule has 0 amide bonds. The van der Waals surface area contributed by atoms with Crippen molar-refractivity contribution < 1.29 is 13.2 Å². The second-order valence-electron chi connectivity index (χ2n) is 5.45. The molecule has 2 aliphatic heterocycles. The number of hydrogen-bond donors (Lipinski definition) is 1. The van der Waals surface area contributed by atoms with Crippen LogP contribution in [0.25, 0.3) is 0 Å². The van der Waals surface area contributed by atoms with Gasteiger partial charge in [0.15, 0.2) is 0 Å². The summed E-state index contributed by atoms with van der Waals surface area (Å²) in [7, 11) is 0. The van der Waals surface area contributed by atoms with E-state index in [2.05, 4.69) is 17.1 Å². The summed E-state index contributed by atoms with van der Waals surface area (Å²) >= 11 is 0. The van der Waals surface area contributed by atoms with Gasteiger partial charge in [-0.05, 0) is 24.8 Å². The fourth-order valence-corrected chi connectivity index (χ4v) is 2.66. The molecule has 1 N–H and O–H groups in total. The zero-order valence-electron chi connectivity index (χ0n) is 10.1. The Hall–Kier alpha value is -0.550. The van der Waals surface area contributed by atoms with Crippen molar-refractivity contribution in [3.05, 3.63) is 11.6 Å². The van der Waals surface area contributed by atoms with Gasteiger partial charge in [0.05, 0.1) is 0 Å². The number of alkyl halides is 3. The van der Waals surface area contributed by atoms with E-state index in [4.69, 9.17) is 0 Å². The van der Waals surface area contributed by atoms with Gasteiger partial charge in [-0.2, -0.15) is 13.2 Å². The summed E-state index contributed by atoms with van der Waals surface area (Å²) in [6.07, 6.45) is -1.55. The molecule has 17 heavy (non-hydrogen) atoms. The largest absolute Gasteiger partial charge is 0.412 e. The lowest BCUT2D eigenvalue weighted by Crippen LogP contribution is -2.40. The van der Waals surface area contributed by atoms with E-state index in [0.717, 1.165) is 26.1 Å². The molecule has 0 spiro atoms. The fraction of sp³-hybridized carbons (Fsp3) is 0.833. The first-order valence-corrected chi connectivity index (χ1v) is 6.08. The molecule has 0 radical (unpaired) electrons. The van der Waals surface area contributed by atoms with Gasteiger partial charge in [-0.15, -0.1) is 0 Å². The number of nitrogens with one attached hydrogen (secondary N) is 1. The van der Waals surface area contributed by atoms with Crippen molar-refractivity contribution in [1.82, 2.24) is 10.2 Å². The molecule has 98 valence electrons. The van der Waals surface area contributed by atoms with E-state index in [1.54, 1.807) is 0 Å². The molecular weight excluding hydrogens is 229 g/mol. The minimum atomic E-state index is -4.13. The van der Waals surface area contributed by atoms with Crippen LogP contribution in [0.15, 0.2) is 11.6 Å². The first-order valence-electron chi connectivity index (χ1n) is 6.08. The van der Waals surface area contributed by atoms with Gasteiger partial charge in [-0.3, -0.25) is 4.90 Å². The van der Waals surface area contributed by atoms with E-state index < -0.39 is 6.18 Å². The number of nitrogens with zero attached hydrogens (tertiary/aromatic N) is 1. The zero-order chi connectivity index (χ0) is 12.5. The summed E-state index contributed by atoms with van der Waals surface area (Å²) in [5.41, 5.74) is -0.132. The van der Waals surface area contributed by atoms with Gasteiger partial charge < -0.3 is 5.32 Å².